The summed E-state index contributed by atoms with van der Waals surface area (Å²) in [5.74, 6) is 1.38. The molecule has 0 saturated heterocycles. The largest absolute Gasteiger partial charge is 0.455 e. The van der Waals surface area contributed by atoms with Gasteiger partial charge in [0, 0.05) is 17.1 Å². The van der Waals surface area contributed by atoms with Crippen LogP contribution in [0.5, 0.6) is 11.5 Å². The fraction of sp³-hybridized carbons (Fsp3) is 0.0625. The highest BCUT2D eigenvalue weighted by atomic mass is 16.5. The van der Waals surface area contributed by atoms with Crippen molar-refractivity contribution in [3.63, 3.8) is 0 Å². The van der Waals surface area contributed by atoms with Crippen molar-refractivity contribution in [2.45, 2.75) is 6.92 Å². The van der Waals surface area contributed by atoms with Crippen molar-refractivity contribution in [3.8, 4) is 17.6 Å². The number of aromatic nitrogens is 1. The quantitative estimate of drug-likeness (QED) is 0.740. The maximum Gasteiger partial charge on any atom is 0.148 e. The number of H-pyrrole nitrogens is 1. The average molecular weight is 248 g/mol. The molecule has 0 radical (unpaired) electrons. The van der Waals surface area contributed by atoms with Gasteiger partial charge >= 0.3 is 0 Å². The van der Waals surface area contributed by atoms with Crippen LogP contribution in [0.25, 0.3) is 10.9 Å². The van der Waals surface area contributed by atoms with Crippen LogP contribution in [0.3, 0.4) is 0 Å². The third kappa shape index (κ3) is 1.94. The highest BCUT2D eigenvalue weighted by Crippen LogP contribution is 2.33. The summed E-state index contributed by atoms with van der Waals surface area (Å²) < 4.78 is 5.96. The first-order valence-corrected chi connectivity index (χ1v) is 6.03. The van der Waals surface area contributed by atoms with E-state index in [0.29, 0.717) is 11.3 Å². The highest BCUT2D eigenvalue weighted by molar-refractivity contribution is 5.86. The molecule has 3 rings (SSSR count). The van der Waals surface area contributed by atoms with Crippen LogP contribution in [0.1, 0.15) is 11.1 Å². The standard InChI is InChI=1S/C16H12N2O/c1-11-4-2-5-12(10-17)16(11)19-15-7-3-6-14-13(15)8-9-18-14/h2-9,18H,1H3. The number of hydrogen-bond acceptors (Lipinski definition) is 2. The molecule has 3 heteroatoms. The van der Waals surface area contributed by atoms with E-state index in [1.54, 1.807) is 6.07 Å². The molecule has 0 aliphatic heterocycles. The average Bonchev–Trinajstić information content (AvgIpc) is 2.90. The van der Waals surface area contributed by atoms with Gasteiger partial charge < -0.3 is 9.72 Å². The van der Waals surface area contributed by atoms with Crippen LogP contribution < -0.4 is 4.74 Å². The van der Waals surface area contributed by atoms with Gasteiger partial charge in [0.05, 0.1) is 5.56 Å². The minimum absolute atomic E-state index is 0.549. The summed E-state index contributed by atoms with van der Waals surface area (Å²) >= 11 is 0. The van der Waals surface area contributed by atoms with Crippen LogP contribution in [-0.4, -0.2) is 4.98 Å². The Morgan fingerprint density at radius 3 is 2.79 bits per heavy atom. The van der Waals surface area contributed by atoms with Crippen molar-refractivity contribution in [1.29, 1.82) is 5.26 Å². The highest BCUT2D eigenvalue weighted by Gasteiger charge is 2.10. The van der Waals surface area contributed by atoms with E-state index in [2.05, 4.69) is 11.1 Å². The Balaban J connectivity index is 2.12. The number of hydrogen-bond donors (Lipinski definition) is 1. The van der Waals surface area contributed by atoms with Gasteiger partial charge in [-0.3, -0.25) is 0 Å². The molecule has 19 heavy (non-hydrogen) atoms. The number of nitriles is 1. The Kier molecular flexibility index (Phi) is 2.70. The van der Waals surface area contributed by atoms with E-state index in [4.69, 9.17) is 10.00 Å². The first kappa shape index (κ1) is 11.4. The minimum Gasteiger partial charge on any atom is -0.455 e. The van der Waals surface area contributed by atoms with Gasteiger partial charge in [0.2, 0.25) is 0 Å². The number of fused-ring (bicyclic) bond motifs is 1. The number of benzene rings is 2. The monoisotopic (exact) mass is 248 g/mol. The molecular formula is C16H12N2O. The van der Waals surface area contributed by atoms with Crippen molar-refractivity contribution < 1.29 is 4.74 Å². The Bertz CT molecular complexity index is 781. The molecule has 0 saturated carbocycles. The summed E-state index contributed by atoms with van der Waals surface area (Å²) in [6.45, 7) is 1.94. The lowest BCUT2D eigenvalue weighted by Gasteiger charge is -2.11. The normalized spacial score (nSPS) is 10.3. The maximum atomic E-state index is 9.16. The number of nitrogens with one attached hydrogen (secondary N) is 1. The fourth-order valence-corrected chi connectivity index (χ4v) is 2.13. The smallest absolute Gasteiger partial charge is 0.148 e. The van der Waals surface area contributed by atoms with Gasteiger partial charge in [-0.05, 0) is 36.8 Å². The molecule has 0 bridgehead atoms. The van der Waals surface area contributed by atoms with Crippen LogP contribution >= 0.6 is 0 Å². The summed E-state index contributed by atoms with van der Waals surface area (Å²) in [5.41, 5.74) is 2.52. The van der Waals surface area contributed by atoms with Gasteiger partial charge in [0.1, 0.15) is 17.6 Å². The van der Waals surface area contributed by atoms with Gasteiger partial charge in [0.15, 0.2) is 0 Å². The summed E-state index contributed by atoms with van der Waals surface area (Å²) in [6.07, 6.45) is 1.88. The maximum absolute atomic E-state index is 9.16. The zero-order chi connectivity index (χ0) is 13.2. The third-order valence-corrected chi connectivity index (χ3v) is 3.10. The Morgan fingerprint density at radius 1 is 1.11 bits per heavy atom. The van der Waals surface area contributed by atoms with E-state index in [-0.39, 0.29) is 0 Å². The predicted molar refractivity (Wildman–Crippen MR) is 74.3 cm³/mol. The van der Waals surface area contributed by atoms with E-state index in [0.717, 1.165) is 22.2 Å². The molecule has 1 N–H and O–H groups in total. The molecule has 0 unspecified atom stereocenters. The van der Waals surface area contributed by atoms with E-state index < -0.39 is 0 Å². The molecule has 0 atom stereocenters. The second kappa shape index (κ2) is 4.51. The van der Waals surface area contributed by atoms with Crippen molar-refractivity contribution in [2.75, 3.05) is 0 Å². The van der Waals surface area contributed by atoms with Crippen LogP contribution in [-0.2, 0) is 0 Å². The molecule has 3 aromatic rings. The van der Waals surface area contributed by atoms with Crippen molar-refractivity contribution in [3.05, 3.63) is 59.8 Å². The molecule has 1 aromatic heterocycles. The number of aromatic amines is 1. The Morgan fingerprint density at radius 2 is 1.95 bits per heavy atom. The van der Waals surface area contributed by atoms with Crippen molar-refractivity contribution >= 4 is 10.9 Å². The molecule has 0 spiro atoms. The van der Waals surface area contributed by atoms with Crippen molar-refractivity contribution in [2.24, 2.45) is 0 Å². The number of aryl methyl sites for hydroxylation is 1. The molecule has 0 amide bonds. The Hall–Kier alpha value is -2.73. The van der Waals surface area contributed by atoms with E-state index in [1.165, 1.54) is 0 Å². The third-order valence-electron chi connectivity index (χ3n) is 3.10. The second-order valence-electron chi connectivity index (χ2n) is 4.36. The zero-order valence-electron chi connectivity index (χ0n) is 10.5. The Labute approximate surface area is 111 Å². The van der Waals surface area contributed by atoms with Crippen molar-refractivity contribution in [1.82, 2.24) is 4.98 Å². The lowest BCUT2D eigenvalue weighted by atomic mass is 10.1. The molecule has 92 valence electrons. The first-order chi connectivity index (χ1) is 9.29. The number of nitrogens with zero attached hydrogens (tertiary/aromatic N) is 1. The van der Waals surface area contributed by atoms with E-state index in [1.807, 2.05) is 49.5 Å². The number of ether oxygens (including phenoxy) is 1. The number of rotatable bonds is 2. The first-order valence-electron chi connectivity index (χ1n) is 6.03. The van der Waals surface area contributed by atoms with Gasteiger partial charge in [-0.15, -0.1) is 0 Å². The van der Waals surface area contributed by atoms with Gasteiger partial charge in [-0.1, -0.05) is 18.2 Å². The summed E-state index contributed by atoms with van der Waals surface area (Å²) in [6, 6.07) is 15.5. The van der Waals surface area contributed by atoms with Gasteiger partial charge in [0.25, 0.3) is 0 Å². The molecule has 0 aliphatic rings. The SMILES string of the molecule is Cc1cccc(C#N)c1Oc1cccc2[nH]ccc12. The van der Waals surface area contributed by atoms with Gasteiger partial charge in [-0.25, -0.2) is 0 Å². The lowest BCUT2D eigenvalue weighted by Crippen LogP contribution is -1.91. The molecule has 0 fully saturated rings. The number of para-hydroxylation sites is 1. The van der Waals surface area contributed by atoms with Gasteiger partial charge in [-0.2, -0.15) is 5.26 Å². The van der Waals surface area contributed by atoms with E-state index >= 15 is 0 Å². The molecule has 1 heterocycles. The minimum atomic E-state index is 0.549. The second-order valence-corrected chi connectivity index (χ2v) is 4.36. The van der Waals surface area contributed by atoms with Crippen LogP contribution in [0.2, 0.25) is 0 Å². The van der Waals surface area contributed by atoms with Crippen LogP contribution in [0.15, 0.2) is 48.7 Å². The summed E-state index contributed by atoms with van der Waals surface area (Å²) in [4.78, 5) is 3.14. The molecule has 2 aromatic carbocycles. The summed E-state index contributed by atoms with van der Waals surface area (Å²) in [5, 5.41) is 10.2. The van der Waals surface area contributed by atoms with Crippen LogP contribution in [0.4, 0.5) is 0 Å². The molecule has 3 nitrogen and oxygen atoms in total. The predicted octanol–water partition coefficient (Wildman–Crippen LogP) is 4.14. The lowest BCUT2D eigenvalue weighted by molar-refractivity contribution is 0.483. The topological polar surface area (TPSA) is 48.8 Å². The summed E-state index contributed by atoms with van der Waals surface area (Å²) in [7, 11) is 0. The van der Waals surface area contributed by atoms with Crippen LogP contribution in [0, 0.1) is 18.3 Å². The zero-order valence-corrected chi connectivity index (χ0v) is 10.5. The molecule has 0 aliphatic carbocycles. The molecular weight excluding hydrogens is 236 g/mol. The van der Waals surface area contributed by atoms with E-state index in [9.17, 15) is 0 Å². The fourth-order valence-electron chi connectivity index (χ4n) is 2.13.